The maximum absolute atomic E-state index is 12.3. The molecular formula is C12H15BrClN3O3S. The van der Waals surface area contributed by atoms with Crippen LogP contribution in [-0.4, -0.2) is 25.4 Å². The van der Waals surface area contributed by atoms with Gasteiger partial charge in [-0.15, -0.1) is 0 Å². The maximum atomic E-state index is 12.3. The van der Waals surface area contributed by atoms with Crippen molar-refractivity contribution in [1.29, 1.82) is 0 Å². The molecule has 9 heteroatoms. The lowest BCUT2D eigenvalue weighted by Crippen LogP contribution is -2.39. The van der Waals surface area contributed by atoms with E-state index >= 15 is 0 Å². The Bertz CT molecular complexity index is 645. The smallest absolute Gasteiger partial charge is 0.243 e. The maximum Gasteiger partial charge on any atom is 0.243 e. The van der Waals surface area contributed by atoms with Crippen LogP contribution in [0.15, 0.2) is 21.6 Å². The third kappa shape index (κ3) is 4.15. The number of amides is 1. The van der Waals surface area contributed by atoms with Crippen molar-refractivity contribution in [3.8, 4) is 0 Å². The summed E-state index contributed by atoms with van der Waals surface area (Å²) in [4.78, 5) is 14.9. The average molecular weight is 397 g/mol. The molecule has 1 fully saturated rings. The number of halogens is 2. The average Bonchev–Trinajstić information content (AvgIpc) is 2.41. The lowest BCUT2D eigenvalue weighted by molar-refractivity contribution is -0.122. The first-order chi connectivity index (χ1) is 9.79. The first-order valence-corrected chi connectivity index (χ1v) is 9.07. The van der Waals surface area contributed by atoms with Gasteiger partial charge in [-0.05, 0) is 47.7 Å². The molecule has 0 atom stereocenters. The van der Waals surface area contributed by atoms with Gasteiger partial charge in [0.15, 0.2) is 0 Å². The molecule has 6 nitrogen and oxygen atoms in total. The second-order valence-electron chi connectivity index (χ2n) is 5.01. The minimum absolute atomic E-state index is 0.0597. The van der Waals surface area contributed by atoms with Crippen molar-refractivity contribution in [3.05, 3.63) is 21.9 Å². The van der Waals surface area contributed by atoms with Gasteiger partial charge < -0.3 is 5.73 Å². The topological polar surface area (TPSA) is 102 Å². The number of aromatic nitrogens is 1. The number of rotatable bonds is 4. The minimum Gasteiger partial charge on any atom is -0.369 e. The van der Waals surface area contributed by atoms with Crippen LogP contribution in [0.5, 0.6) is 0 Å². The standard InChI is InChI=1S/C12H15BrClN3O3S/c13-8-5-10(11(14)16-6-8)21(19,20)17-9-3-1-7(2-4-9)12(15)18/h5-7,9,17H,1-4H2,(H2,15,18). The summed E-state index contributed by atoms with van der Waals surface area (Å²) < 4.78 is 27.8. The Hall–Kier alpha value is -0.700. The Balaban J connectivity index is 2.09. The molecule has 1 aromatic heterocycles. The quantitative estimate of drug-likeness (QED) is 0.758. The van der Waals surface area contributed by atoms with E-state index in [1.807, 2.05) is 0 Å². The Labute approximate surface area is 136 Å². The number of pyridine rings is 1. The molecule has 21 heavy (non-hydrogen) atoms. The Morgan fingerprint density at radius 2 is 2.00 bits per heavy atom. The molecule has 0 radical (unpaired) electrons. The first kappa shape index (κ1) is 16.7. The molecule has 0 spiro atoms. The van der Waals surface area contributed by atoms with E-state index in [0.29, 0.717) is 30.2 Å². The number of carbonyl (C=O) groups excluding carboxylic acids is 1. The van der Waals surface area contributed by atoms with Crippen LogP contribution in [0, 0.1) is 5.92 Å². The summed E-state index contributed by atoms with van der Waals surface area (Å²) in [7, 11) is -3.74. The van der Waals surface area contributed by atoms with E-state index in [9.17, 15) is 13.2 Å². The second kappa shape index (κ2) is 6.60. The van der Waals surface area contributed by atoms with Crippen LogP contribution in [0.25, 0.3) is 0 Å². The van der Waals surface area contributed by atoms with Crippen molar-refractivity contribution in [2.24, 2.45) is 11.7 Å². The van der Waals surface area contributed by atoms with Gasteiger partial charge in [0.1, 0.15) is 10.0 Å². The molecule has 116 valence electrons. The van der Waals surface area contributed by atoms with Crippen LogP contribution in [0.2, 0.25) is 5.15 Å². The van der Waals surface area contributed by atoms with Crippen LogP contribution in [0.3, 0.4) is 0 Å². The van der Waals surface area contributed by atoms with Crippen LogP contribution < -0.4 is 10.5 Å². The SMILES string of the molecule is NC(=O)C1CCC(NS(=O)(=O)c2cc(Br)cnc2Cl)CC1. The van der Waals surface area contributed by atoms with Crippen molar-refractivity contribution in [3.63, 3.8) is 0 Å². The third-order valence-corrected chi connectivity index (χ3v) is 5.90. The number of carbonyl (C=O) groups is 1. The fourth-order valence-electron chi connectivity index (χ4n) is 2.37. The molecule has 0 unspecified atom stereocenters. The highest BCUT2D eigenvalue weighted by atomic mass is 79.9. The summed E-state index contributed by atoms with van der Waals surface area (Å²) in [6, 6.07) is 1.19. The third-order valence-electron chi connectivity index (χ3n) is 3.51. The van der Waals surface area contributed by atoms with Gasteiger partial charge in [0, 0.05) is 22.6 Å². The predicted molar refractivity (Wildman–Crippen MR) is 82.2 cm³/mol. The summed E-state index contributed by atoms with van der Waals surface area (Å²) >= 11 is 9.02. The zero-order chi connectivity index (χ0) is 15.6. The van der Waals surface area contributed by atoms with Gasteiger partial charge in [-0.2, -0.15) is 0 Å². The van der Waals surface area contributed by atoms with Crippen molar-refractivity contribution >= 4 is 43.5 Å². The van der Waals surface area contributed by atoms with Gasteiger partial charge in [-0.25, -0.2) is 18.1 Å². The van der Waals surface area contributed by atoms with E-state index in [1.165, 1.54) is 12.3 Å². The monoisotopic (exact) mass is 395 g/mol. The van der Waals surface area contributed by atoms with Crippen molar-refractivity contribution in [2.45, 2.75) is 36.6 Å². The molecule has 0 saturated heterocycles. The van der Waals surface area contributed by atoms with E-state index < -0.39 is 10.0 Å². The van der Waals surface area contributed by atoms with E-state index in [0.717, 1.165) is 0 Å². The highest BCUT2D eigenvalue weighted by Crippen LogP contribution is 2.27. The highest BCUT2D eigenvalue weighted by Gasteiger charge is 2.29. The van der Waals surface area contributed by atoms with E-state index in [-0.39, 0.29) is 27.9 Å². The molecule has 0 aromatic carbocycles. The minimum atomic E-state index is -3.74. The normalized spacial score (nSPS) is 23.0. The molecule has 3 N–H and O–H groups in total. The highest BCUT2D eigenvalue weighted by molar-refractivity contribution is 9.10. The summed E-state index contributed by atoms with van der Waals surface area (Å²) in [5, 5.41) is -0.0727. The molecule has 1 aliphatic carbocycles. The first-order valence-electron chi connectivity index (χ1n) is 6.42. The zero-order valence-electron chi connectivity index (χ0n) is 11.1. The number of hydrogen-bond acceptors (Lipinski definition) is 4. The van der Waals surface area contributed by atoms with E-state index in [2.05, 4.69) is 25.6 Å². The second-order valence-corrected chi connectivity index (χ2v) is 7.97. The molecule has 1 heterocycles. The van der Waals surface area contributed by atoms with Gasteiger partial charge in [-0.3, -0.25) is 4.79 Å². The van der Waals surface area contributed by atoms with Gasteiger partial charge in [0.05, 0.1) is 0 Å². The van der Waals surface area contributed by atoms with E-state index in [4.69, 9.17) is 17.3 Å². The number of nitrogens with one attached hydrogen (secondary N) is 1. The van der Waals surface area contributed by atoms with Crippen LogP contribution in [-0.2, 0) is 14.8 Å². The Morgan fingerprint density at radius 3 is 2.57 bits per heavy atom. The van der Waals surface area contributed by atoms with Gasteiger partial charge in [0.25, 0.3) is 0 Å². The molecule has 1 aromatic rings. The summed E-state index contributed by atoms with van der Waals surface area (Å²) in [6.07, 6.45) is 3.76. The molecule has 0 aliphatic heterocycles. The predicted octanol–water partition coefficient (Wildman–Crippen LogP) is 1.82. The zero-order valence-corrected chi connectivity index (χ0v) is 14.2. The van der Waals surface area contributed by atoms with Crippen molar-refractivity contribution in [2.75, 3.05) is 0 Å². The molecule has 0 bridgehead atoms. The van der Waals surface area contributed by atoms with Gasteiger partial charge in [-0.1, -0.05) is 11.6 Å². The van der Waals surface area contributed by atoms with Gasteiger partial charge >= 0.3 is 0 Å². The number of hydrogen-bond donors (Lipinski definition) is 2. The molecule has 1 aliphatic rings. The summed E-state index contributed by atoms with van der Waals surface area (Å²) in [5.41, 5.74) is 5.26. The molecular weight excluding hydrogens is 382 g/mol. The van der Waals surface area contributed by atoms with Gasteiger partial charge in [0.2, 0.25) is 15.9 Å². The van der Waals surface area contributed by atoms with Crippen molar-refractivity contribution < 1.29 is 13.2 Å². The Morgan fingerprint density at radius 1 is 1.38 bits per heavy atom. The number of sulfonamides is 1. The number of nitrogens with zero attached hydrogens (tertiary/aromatic N) is 1. The number of primary amides is 1. The number of nitrogens with two attached hydrogens (primary N) is 1. The lowest BCUT2D eigenvalue weighted by atomic mass is 9.86. The summed E-state index contributed by atoms with van der Waals surface area (Å²) in [6.45, 7) is 0. The molecule has 1 saturated carbocycles. The molecule has 2 rings (SSSR count). The lowest BCUT2D eigenvalue weighted by Gasteiger charge is -2.27. The summed E-state index contributed by atoms with van der Waals surface area (Å²) in [5.74, 6) is -0.489. The van der Waals surface area contributed by atoms with Crippen LogP contribution >= 0.6 is 27.5 Å². The Kier molecular flexibility index (Phi) is 5.24. The fraction of sp³-hybridized carbons (Fsp3) is 0.500. The van der Waals surface area contributed by atoms with E-state index in [1.54, 1.807) is 0 Å². The van der Waals surface area contributed by atoms with Crippen molar-refractivity contribution in [1.82, 2.24) is 9.71 Å². The largest absolute Gasteiger partial charge is 0.369 e. The van der Waals surface area contributed by atoms with Crippen LogP contribution in [0.1, 0.15) is 25.7 Å². The molecule has 1 amide bonds. The fourth-order valence-corrected chi connectivity index (χ4v) is 4.62. The van der Waals surface area contributed by atoms with Crippen LogP contribution in [0.4, 0.5) is 0 Å².